The van der Waals surface area contributed by atoms with Gasteiger partial charge < -0.3 is 0 Å². The minimum Gasteiger partial charge on any atom is -0.233 e. The molecule has 65 valence electrons. The zero-order valence-electron chi connectivity index (χ0n) is 7.04. The number of aromatic nitrogens is 1. The van der Waals surface area contributed by atoms with E-state index in [2.05, 4.69) is 10.5 Å². The average molecular weight is 209 g/mol. The number of aryl methyl sites for hydroxylation is 1. The Morgan fingerprint density at radius 3 is 2.92 bits per heavy atom. The van der Waals surface area contributed by atoms with E-state index >= 15 is 0 Å². The molecule has 0 saturated carbocycles. The highest BCUT2D eigenvalue weighted by Crippen LogP contribution is 2.25. The number of hydrogen-bond acceptors (Lipinski definition) is 2. The SMILES string of the molecule is Cc1s[c]nc1-c1cccc(Cl)c1. The Labute approximate surface area is 86.0 Å². The fourth-order valence-electron chi connectivity index (χ4n) is 1.17. The lowest BCUT2D eigenvalue weighted by Gasteiger charge is -1.98. The monoisotopic (exact) mass is 208 g/mol. The van der Waals surface area contributed by atoms with Crippen LogP contribution in [0, 0.1) is 12.4 Å². The minimum absolute atomic E-state index is 0.741. The molecule has 1 nitrogen and oxygen atoms in total. The van der Waals surface area contributed by atoms with E-state index in [9.17, 15) is 0 Å². The third kappa shape index (κ3) is 1.74. The van der Waals surface area contributed by atoms with E-state index in [-0.39, 0.29) is 0 Å². The van der Waals surface area contributed by atoms with Crippen LogP contribution < -0.4 is 0 Å². The molecule has 1 radical (unpaired) electrons. The molecule has 0 amide bonds. The van der Waals surface area contributed by atoms with Gasteiger partial charge in [-0.1, -0.05) is 23.7 Å². The third-order valence-electron chi connectivity index (χ3n) is 1.79. The molecule has 0 spiro atoms. The molecule has 1 aromatic carbocycles. The average Bonchev–Trinajstić information content (AvgIpc) is 2.51. The van der Waals surface area contributed by atoms with Crippen LogP contribution in [0.5, 0.6) is 0 Å². The normalized spacial score (nSPS) is 10.3. The van der Waals surface area contributed by atoms with Gasteiger partial charge in [-0.3, -0.25) is 0 Å². The van der Waals surface area contributed by atoms with E-state index in [0.29, 0.717) is 0 Å². The lowest BCUT2D eigenvalue weighted by atomic mass is 10.1. The molecule has 0 unspecified atom stereocenters. The molecule has 1 heterocycles. The van der Waals surface area contributed by atoms with Crippen molar-refractivity contribution < 1.29 is 0 Å². The summed E-state index contributed by atoms with van der Waals surface area (Å²) in [6.45, 7) is 2.03. The van der Waals surface area contributed by atoms with E-state index in [1.807, 2.05) is 31.2 Å². The summed E-state index contributed by atoms with van der Waals surface area (Å²) in [7, 11) is 0. The summed E-state index contributed by atoms with van der Waals surface area (Å²) in [4.78, 5) is 5.33. The summed E-state index contributed by atoms with van der Waals surface area (Å²) in [5.74, 6) is 0. The van der Waals surface area contributed by atoms with Crippen LogP contribution in [0.25, 0.3) is 11.3 Å². The Balaban J connectivity index is 2.53. The summed E-state index contributed by atoms with van der Waals surface area (Å²) in [5, 5.41) is 0.741. The van der Waals surface area contributed by atoms with E-state index < -0.39 is 0 Å². The molecule has 0 aliphatic heterocycles. The van der Waals surface area contributed by atoms with Crippen molar-refractivity contribution in [2.75, 3.05) is 0 Å². The summed E-state index contributed by atoms with van der Waals surface area (Å²) in [6, 6.07) is 7.70. The van der Waals surface area contributed by atoms with Crippen LogP contribution in [0.2, 0.25) is 5.02 Å². The summed E-state index contributed by atoms with van der Waals surface area (Å²) >= 11 is 7.41. The van der Waals surface area contributed by atoms with E-state index in [1.165, 1.54) is 16.2 Å². The fourth-order valence-corrected chi connectivity index (χ4v) is 1.89. The molecule has 0 atom stereocenters. The lowest BCUT2D eigenvalue weighted by Crippen LogP contribution is -1.79. The number of rotatable bonds is 1. The fraction of sp³-hybridized carbons (Fsp3) is 0.100. The molecule has 3 heteroatoms. The van der Waals surface area contributed by atoms with Crippen molar-refractivity contribution in [1.29, 1.82) is 0 Å². The van der Waals surface area contributed by atoms with Gasteiger partial charge in [0.25, 0.3) is 0 Å². The van der Waals surface area contributed by atoms with Crippen molar-refractivity contribution in [3.8, 4) is 11.3 Å². The second-order valence-electron chi connectivity index (χ2n) is 2.72. The molecular formula is C10H7ClNS. The van der Waals surface area contributed by atoms with E-state index in [4.69, 9.17) is 11.6 Å². The second kappa shape index (κ2) is 3.48. The van der Waals surface area contributed by atoms with E-state index in [1.54, 1.807) is 0 Å². The van der Waals surface area contributed by atoms with Crippen LogP contribution in [0.4, 0.5) is 0 Å². The van der Waals surface area contributed by atoms with Gasteiger partial charge in [-0.25, -0.2) is 4.98 Å². The summed E-state index contributed by atoms with van der Waals surface area (Å²) < 4.78 is 0. The predicted octanol–water partition coefficient (Wildman–Crippen LogP) is 3.57. The largest absolute Gasteiger partial charge is 0.233 e. The highest BCUT2D eigenvalue weighted by atomic mass is 35.5. The standard InChI is InChI=1S/C10H7ClNS/c1-7-10(12-6-13-7)8-3-2-4-9(11)5-8/h2-5H,1H3. The van der Waals surface area contributed by atoms with Gasteiger partial charge >= 0.3 is 0 Å². The Kier molecular flexibility index (Phi) is 2.34. The molecule has 0 aliphatic carbocycles. The van der Waals surface area contributed by atoms with Crippen LogP contribution in [0.3, 0.4) is 0 Å². The smallest absolute Gasteiger partial charge is 0.153 e. The molecule has 0 fully saturated rings. The maximum Gasteiger partial charge on any atom is 0.153 e. The van der Waals surface area contributed by atoms with Crippen molar-refractivity contribution in [1.82, 2.24) is 4.98 Å². The first-order valence-corrected chi connectivity index (χ1v) is 5.06. The van der Waals surface area contributed by atoms with Crippen LogP contribution in [0.1, 0.15) is 4.88 Å². The van der Waals surface area contributed by atoms with Gasteiger partial charge in [-0.2, -0.15) is 0 Å². The minimum atomic E-state index is 0.741. The number of thiazole rings is 1. The van der Waals surface area contributed by atoms with Gasteiger partial charge in [-0.05, 0) is 19.1 Å². The van der Waals surface area contributed by atoms with Crippen LogP contribution >= 0.6 is 22.9 Å². The van der Waals surface area contributed by atoms with Crippen molar-refractivity contribution in [2.45, 2.75) is 6.92 Å². The van der Waals surface area contributed by atoms with Crippen LogP contribution in [-0.4, -0.2) is 4.98 Å². The predicted molar refractivity (Wildman–Crippen MR) is 56.1 cm³/mol. The molecular weight excluding hydrogens is 202 g/mol. The number of benzene rings is 1. The van der Waals surface area contributed by atoms with Crippen molar-refractivity contribution in [2.24, 2.45) is 0 Å². The van der Waals surface area contributed by atoms with Crippen molar-refractivity contribution >= 4 is 22.9 Å². The summed E-state index contributed by atoms with van der Waals surface area (Å²) in [6.07, 6.45) is 0. The maximum atomic E-state index is 5.88. The second-order valence-corrected chi connectivity index (χ2v) is 4.16. The van der Waals surface area contributed by atoms with Gasteiger partial charge in [0.05, 0.1) is 5.69 Å². The topological polar surface area (TPSA) is 12.9 Å². The molecule has 0 bridgehead atoms. The molecule has 0 aliphatic rings. The van der Waals surface area contributed by atoms with Crippen LogP contribution in [-0.2, 0) is 0 Å². The first-order valence-electron chi connectivity index (χ1n) is 3.87. The first kappa shape index (κ1) is 8.73. The molecule has 2 rings (SSSR count). The van der Waals surface area contributed by atoms with Gasteiger partial charge in [0, 0.05) is 15.5 Å². The first-order chi connectivity index (χ1) is 6.27. The van der Waals surface area contributed by atoms with Crippen molar-refractivity contribution in [3.63, 3.8) is 0 Å². The molecule has 0 N–H and O–H groups in total. The number of halogens is 1. The Bertz CT molecular complexity index is 422. The number of nitrogens with zero attached hydrogens (tertiary/aromatic N) is 1. The van der Waals surface area contributed by atoms with Gasteiger partial charge in [-0.15, -0.1) is 11.3 Å². The van der Waals surface area contributed by atoms with Gasteiger partial charge in [0.2, 0.25) is 0 Å². The Hall–Kier alpha value is -0.860. The highest BCUT2D eigenvalue weighted by molar-refractivity contribution is 7.09. The Morgan fingerprint density at radius 1 is 1.46 bits per heavy atom. The number of hydrogen-bond donors (Lipinski definition) is 0. The van der Waals surface area contributed by atoms with Gasteiger partial charge in [0.15, 0.2) is 5.51 Å². The highest BCUT2D eigenvalue weighted by Gasteiger charge is 2.04. The molecule has 0 saturated heterocycles. The lowest BCUT2D eigenvalue weighted by molar-refractivity contribution is 1.37. The summed E-state index contributed by atoms with van der Waals surface area (Å²) in [5.41, 5.74) is 4.90. The van der Waals surface area contributed by atoms with Crippen molar-refractivity contribution in [3.05, 3.63) is 39.7 Å². The molecule has 1 aromatic heterocycles. The Morgan fingerprint density at radius 2 is 2.31 bits per heavy atom. The molecule has 2 aromatic rings. The van der Waals surface area contributed by atoms with E-state index in [0.717, 1.165) is 16.3 Å². The third-order valence-corrected chi connectivity index (χ3v) is 2.70. The molecule has 13 heavy (non-hydrogen) atoms. The van der Waals surface area contributed by atoms with Crippen LogP contribution in [0.15, 0.2) is 24.3 Å². The maximum absolute atomic E-state index is 5.88. The zero-order valence-corrected chi connectivity index (χ0v) is 8.62. The quantitative estimate of drug-likeness (QED) is 0.698. The zero-order chi connectivity index (χ0) is 9.26. The van der Waals surface area contributed by atoms with Gasteiger partial charge in [0.1, 0.15) is 0 Å².